The van der Waals surface area contributed by atoms with E-state index >= 15 is 0 Å². The van der Waals surface area contributed by atoms with E-state index < -0.39 is 0 Å². The van der Waals surface area contributed by atoms with Crippen molar-refractivity contribution in [2.75, 3.05) is 13.1 Å². The Labute approximate surface area is 148 Å². The molecule has 8 heteroatoms. The summed E-state index contributed by atoms with van der Waals surface area (Å²) in [5, 5.41) is 10.8. The van der Waals surface area contributed by atoms with Crippen LogP contribution in [0.4, 0.5) is 0 Å². The van der Waals surface area contributed by atoms with Gasteiger partial charge in [0.2, 0.25) is 5.91 Å². The molecule has 0 radical (unpaired) electrons. The molecule has 2 heterocycles. The topological polar surface area (TPSA) is 102 Å². The molecule has 1 aromatic heterocycles. The lowest BCUT2D eigenvalue weighted by Crippen LogP contribution is -2.41. The van der Waals surface area contributed by atoms with Crippen molar-refractivity contribution >= 4 is 24.2 Å². The molecule has 1 aromatic rings. The van der Waals surface area contributed by atoms with E-state index in [-0.39, 0.29) is 36.2 Å². The zero-order valence-corrected chi connectivity index (χ0v) is 14.6. The lowest BCUT2D eigenvalue weighted by Gasteiger charge is -2.27. The normalized spacial score (nSPS) is 27.1. The van der Waals surface area contributed by atoms with Crippen LogP contribution in [0.15, 0.2) is 12.3 Å². The van der Waals surface area contributed by atoms with Crippen LogP contribution in [0.25, 0.3) is 0 Å². The minimum absolute atomic E-state index is 0. The molecule has 0 bridgehead atoms. The maximum absolute atomic E-state index is 12.4. The summed E-state index contributed by atoms with van der Waals surface area (Å²) in [7, 11) is 0. The summed E-state index contributed by atoms with van der Waals surface area (Å²) in [4.78, 5) is 23.7. The van der Waals surface area contributed by atoms with E-state index in [4.69, 9.17) is 5.73 Å². The number of piperidine rings is 1. The van der Waals surface area contributed by atoms with Crippen LogP contribution < -0.4 is 16.4 Å². The molecule has 2 amide bonds. The predicted octanol–water partition coefficient (Wildman–Crippen LogP) is 1.00. The van der Waals surface area contributed by atoms with Crippen molar-refractivity contribution < 1.29 is 9.59 Å². The van der Waals surface area contributed by atoms with E-state index in [0.717, 1.165) is 45.2 Å². The molecule has 7 nitrogen and oxygen atoms in total. The van der Waals surface area contributed by atoms with Gasteiger partial charge < -0.3 is 16.4 Å². The first-order valence-electron chi connectivity index (χ1n) is 8.49. The van der Waals surface area contributed by atoms with Gasteiger partial charge in [-0.1, -0.05) is 6.42 Å². The summed E-state index contributed by atoms with van der Waals surface area (Å²) >= 11 is 0. The highest BCUT2D eigenvalue weighted by Gasteiger charge is 2.27. The van der Waals surface area contributed by atoms with Gasteiger partial charge in [-0.2, -0.15) is 5.10 Å². The molecule has 1 saturated carbocycles. The molecule has 134 valence electrons. The third kappa shape index (κ3) is 4.48. The van der Waals surface area contributed by atoms with Crippen molar-refractivity contribution in [1.82, 2.24) is 20.4 Å². The van der Waals surface area contributed by atoms with Gasteiger partial charge in [0.05, 0.1) is 6.04 Å². The van der Waals surface area contributed by atoms with Crippen LogP contribution in [0, 0.1) is 5.92 Å². The van der Waals surface area contributed by atoms with Crippen molar-refractivity contribution in [3.8, 4) is 0 Å². The van der Waals surface area contributed by atoms with E-state index in [2.05, 4.69) is 15.7 Å². The van der Waals surface area contributed by atoms with Crippen LogP contribution >= 0.6 is 12.4 Å². The number of aromatic nitrogens is 2. The molecule has 3 rings (SSSR count). The van der Waals surface area contributed by atoms with E-state index in [1.165, 1.54) is 0 Å². The number of hydrogen-bond acceptors (Lipinski definition) is 4. The predicted molar refractivity (Wildman–Crippen MR) is 93.0 cm³/mol. The summed E-state index contributed by atoms with van der Waals surface area (Å²) in [5.74, 6) is -0.555. The van der Waals surface area contributed by atoms with Crippen LogP contribution in [0.2, 0.25) is 0 Å². The number of rotatable bonds is 4. The number of nitrogens with two attached hydrogens (primary N) is 1. The van der Waals surface area contributed by atoms with Crippen molar-refractivity contribution in [2.45, 2.75) is 50.6 Å². The molecular formula is C16H26ClN5O2. The van der Waals surface area contributed by atoms with E-state index in [1.54, 1.807) is 6.07 Å². The van der Waals surface area contributed by atoms with Crippen LogP contribution in [0.1, 0.15) is 55.1 Å². The first-order chi connectivity index (χ1) is 11.1. The fourth-order valence-corrected chi connectivity index (χ4v) is 3.56. The maximum Gasteiger partial charge on any atom is 0.271 e. The molecule has 3 atom stereocenters. The van der Waals surface area contributed by atoms with Gasteiger partial charge in [-0.25, -0.2) is 0 Å². The Bertz CT molecular complexity index is 571. The number of amides is 2. The van der Waals surface area contributed by atoms with Crippen molar-refractivity contribution in [3.05, 3.63) is 18.0 Å². The summed E-state index contributed by atoms with van der Waals surface area (Å²) in [6.45, 7) is 1.94. The van der Waals surface area contributed by atoms with Gasteiger partial charge in [0, 0.05) is 24.7 Å². The quantitative estimate of drug-likeness (QED) is 0.749. The summed E-state index contributed by atoms with van der Waals surface area (Å²) in [6.07, 6.45) is 7.35. The Morgan fingerprint density at radius 3 is 2.83 bits per heavy atom. The maximum atomic E-state index is 12.4. The minimum atomic E-state index is -0.266. The minimum Gasteiger partial charge on any atom is -0.369 e. The van der Waals surface area contributed by atoms with E-state index in [0.29, 0.717) is 18.2 Å². The Hall–Kier alpha value is -1.60. The second-order valence-corrected chi connectivity index (χ2v) is 6.62. The van der Waals surface area contributed by atoms with Crippen LogP contribution in [-0.4, -0.2) is 40.7 Å². The van der Waals surface area contributed by atoms with Gasteiger partial charge in [-0.3, -0.25) is 14.3 Å². The number of carbonyl (C=O) groups excluding carboxylic acids is 2. The average molecular weight is 356 g/mol. The van der Waals surface area contributed by atoms with E-state index in [9.17, 15) is 9.59 Å². The monoisotopic (exact) mass is 355 g/mol. The molecule has 1 aliphatic carbocycles. The smallest absolute Gasteiger partial charge is 0.271 e. The van der Waals surface area contributed by atoms with Crippen molar-refractivity contribution in [3.63, 3.8) is 0 Å². The number of nitrogens with zero attached hydrogens (tertiary/aromatic N) is 2. The summed E-state index contributed by atoms with van der Waals surface area (Å²) < 4.78 is 1.88. The highest BCUT2D eigenvalue weighted by Crippen LogP contribution is 2.24. The highest BCUT2D eigenvalue weighted by molar-refractivity contribution is 5.92. The molecule has 0 spiro atoms. The van der Waals surface area contributed by atoms with Gasteiger partial charge in [-0.05, 0) is 44.7 Å². The molecule has 4 N–H and O–H groups in total. The zero-order chi connectivity index (χ0) is 16.2. The van der Waals surface area contributed by atoms with Gasteiger partial charge in [0.1, 0.15) is 5.69 Å². The fraction of sp³-hybridized carbons (Fsp3) is 0.688. The molecule has 2 fully saturated rings. The van der Waals surface area contributed by atoms with Crippen LogP contribution in [0.5, 0.6) is 0 Å². The Kier molecular flexibility index (Phi) is 6.62. The Morgan fingerprint density at radius 2 is 2.12 bits per heavy atom. The van der Waals surface area contributed by atoms with Gasteiger partial charge in [-0.15, -0.1) is 12.4 Å². The summed E-state index contributed by atoms with van der Waals surface area (Å²) in [6, 6.07) is 2.09. The van der Waals surface area contributed by atoms with Crippen molar-refractivity contribution in [1.29, 1.82) is 0 Å². The lowest BCUT2D eigenvalue weighted by atomic mass is 9.85. The van der Waals surface area contributed by atoms with Gasteiger partial charge >= 0.3 is 0 Å². The first-order valence-corrected chi connectivity index (χ1v) is 8.49. The van der Waals surface area contributed by atoms with Crippen LogP contribution in [-0.2, 0) is 4.79 Å². The van der Waals surface area contributed by atoms with Crippen LogP contribution in [0.3, 0.4) is 0 Å². The number of nitrogens with one attached hydrogen (secondary N) is 2. The van der Waals surface area contributed by atoms with Gasteiger partial charge in [0.15, 0.2) is 0 Å². The standard InChI is InChI=1S/C16H25N5O2.ClH/c17-15(22)11-3-1-4-12(9-11)19-16(23)14-6-8-21(20-14)13-5-2-7-18-10-13;/h6,8,11-13,18H,1-5,7,9-10H2,(H2,17,22)(H,19,23);1H. The number of hydrogen-bond donors (Lipinski definition) is 3. The zero-order valence-electron chi connectivity index (χ0n) is 13.7. The summed E-state index contributed by atoms with van der Waals surface area (Å²) in [5.41, 5.74) is 5.83. The number of carbonyl (C=O) groups is 2. The molecule has 1 aliphatic heterocycles. The molecule has 3 unspecified atom stereocenters. The molecular weight excluding hydrogens is 330 g/mol. The van der Waals surface area contributed by atoms with E-state index in [1.807, 2.05) is 10.9 Å². The molecule has 24 heavy (non-hydrogen) atoms. The second-order valence-electron chi connectivity index (χ2n) is 6.62. The molecule has 1 saturated heterocycles. The lowest BCUT2D eigenvalue weighted by molar-refractivity contribution is -0.122. The third-order valence-electron chi connectivity index (χ3n) is 4.90. The fourth-order valence-electron chi connectivity index (χ4n) is 3.56. The SMILES string of the molecule is Cl.NC(=O)C1CCCC(NC(=O)c2ccn(C3CCCNC3)n2)C1. The first kappa shape index (κ1) is 18.7. The largest absolute Gasteiger partial charge is 0.369 e. The average Bonchev–Trinajstić information content (AvgIpc) is 3.06. The van der Waals surface area contributed by atoms with Gasteiger partial charge in [0.25, 0.3) is 5.91 Å². The number of primary amides is 1. The highest BCUT2D eigenvalue weighted by atomic mass is 35.5. The second kappa shape index (κ2) is 8.48. The Balaban J connectivity index is 0.00000208. The molecule has 0 aromatic carbocycles. The third-order valence-corrected chi connectivity index (χ3v) is 4.90. The van der Waals surface area contributed by atoms with Crippen molar-refractivity contribution in [2.24, 2.45) is 11.7 Å². The number of halogens is 1. The molecule has 2 aliphatic rings. The Morgan fingerprint density at radius 1 is 1.29 bits per heavy atom.